The fourth-order valence-corrected chi connectivity index (χ4v) is 8.08. The first-order valence-electron chi connectivity index (χ1n) is 14.7. The molecule has 2 aromatic rings. The Kier molecular flexibility index (Phi) is 9.27. The van der Waals surface area contributed by atoms with Crippen LogP contribution >= 0.6 is 11.6 Å². The molecule has 8 heteroatoms. The van der Waals surface area contributed by atoms with Gasteiger partial charge in [-0.25, -0.2) is 0 Å². The number of aliphatic hydroxyl groups excluding tert-OH is 1. The van der Waals surface area contributed by atoms with E-state index in [4.69, 9.17) is 16.3 Å². The second-order valence-electron chi connectivity index (χ2n) is 12.1. The van der Waals surface area contributed by atoms with Crippen LogP contribution in [-0.4, -0.2) is 46.8 Å². The van der Waals surface area contributed by atoms with Crippen molar-refractivity contribution < 1.29 is 18.8 Å². The normalized spacial score (nSPS) is 25.6. The Labute approximate surface area is 250 Å². The summed E-state index contributed by atoms with van der Waals surface area (Å²) >= 11 is 6.38. The van der Waals surface area contributed by atoms with Gasteiger partial charge in [0, 0.05) is 45.4 Å². The zero-order valence-electron chi connectivity index (χ0n) is 23.8. The van der Waals surface area contributed by atoms with Crippen LogP contribution in [-0.2, 0) is 22.4 Å². The van der Waals surface area contributed by atoms with E-state index in [-0.39, 0.29) is 17.3 Å². The number of allylic oxidation sites excluding steroid dienone is 1. The molecule has 0 aromatic heterocycles. The maximum Gasteiger partial charge on any atom is 0.284 e. The number of aryl methyl sites for hydroxylation is 1. The summed E-state index contributed by atoms with van der Waals surface area (Å²) in [5.41, 5.74) is 3.57. The van der Waals surface area contributed by atoms with Crippen LogP contribution in [0.1, 0.15) is 60.5 Å². The van der Waals surface area contributed by atoms with Gasteiger partial charge in [-0.15, -0.1) is 13.2 Å². The highest BCUT2D eigenvalue weighted by molar-refractivity contribution is 7.75. The second-order valence-corrected chi connectivity index (χ2v) is 13.8. The summed E-state index contributed by atoms with van der Waals surface area (Å²) in [7, 11) is -2.01. The summed E-state index contributed by atoms with van der Waals surface area (Å²) in [6.45, 7) is 11.5. The van der Waals surface area contributed by atoms with Crippen molar-refractivity contribution in [2.45, 2.75) is 57.0 Å². The first kappa shape index (κ1) is 29.9. The molecule has 3 aliphatic rings. The van der Waals surface area contributed by atoms with Gasteiger partial charge in [0.05, 0.1) is 18.4 Å². The van der Waals surface area contributed by atoms with Crippen LogP contribution in [0.15, 0.2) is 66.1 Å². The molecule has 1 N–H and O–H groups in total. The highest BCUT2D eigenvalue weighted by atomic mass is 35.5. The Bertz CT molecular complexity index is 1400. The standard InChI is InChI=1S/C33H41ClN2O4S/c1-4-7-22(3)19-41(39)35-32(38)24-10-14-31-29(17-24)36(18-25-9-12-27(25)30(37)5-2)20-33(21-40-31)15-6-8-23-16-26(34)11-13-28(23)33/h4-5,10-11,13-14,16-17,22,25,27,30,37,41H,1-2,6-9,12,15,18-21H2,3H3/t22-,25-,27+,30-,33-/m0/s1. The number of benzene rings is 2. The number of carbonyl (C=O) groups excluding carboxylic acids is 1. The van der Waals surface area contributed by atoms with Crippen LogP contribution in [0, 0.1) is 17.8 Å². The number of hydrogen-bond acceptors (Lipinski definition) is 5. The molecule has 0 saturated heterocycles. The van der Waals surface area contributed by atoms with Crippen LogP contribution in [0.4, 0.5) is 5.69 Å². The van der Waals surface area contributed by atoms with E-state index in [0.717, 1.165) is 68.1 Å². The lowest BCUT2D eigenvalue weighted by Crippen LogP contribution is -2.49. The molecule has 1 aliphatic heterocycles. The van der Waals surface area contributed by atoms with Crippen molar-refractivity contribution in [3.8, 4) is 5.75 Å². The van der Waals surface area contributed by atoms with E-state index in [9.17, 15) is 14.1 Å². The fraction of sp³-hybridized carbons (Fsp3) is 0.485. The Balaban J connectivity index is 1.49. The first-order chi connectivity index (χ1) is 19.7. The van der Waals surface area contributed by atoms with E-state index in [0.29, 0.717) is 23.8 Å². The Morgan fingerprint density at radius 3 is 2.85 bits per heavy atom. The van der Waals surface area contributed by atoms with Crippen LogP contribution in [0.3, 0.4) is 0 Å². The number of anilines is 1. The molecule has 0 radical (unpaired) electrons. The lowest BCUT2D eigenvalue weighted by atomic mass is 9.68. The third kappa shape index (κ3) is 6.42. The van der Waals surface area contributed by atoms with Gasteiger partial charge in [-0.2, -0.15) is 4.36 Å². The molecule has 1 heterocycles. The topological polar surface area (TPSA) is 79.2 Å². The molecule has 0 bridgehead atoms. The molecular weight excluding hydrogens is 556 g/mol. The second kappa shape index (κ2) is 12.7. The number of rotatable bonds is 9. The van der Waals surface area contributed by atoms with Gasteiger partial charge in [0.25, 0.3) is 5.91 Å². The van der Waals surface area contributed by atoms with Gasteiger partial charge in [0.1, 0.15) is 5.75 Å². The minimum atomic E-state index is -2.01. The van der Waals surface area contributed by atoms with E-state index >= 15 is 0 Å². The number of amides is 1. The van der Waals surface area contributed by atoms with Gasteiger partial charge >= 0.3 is 0 Å². The molecule has 220 valence electrons. The number of fused-ring (bicyclic) bond motifs is 3. The Morgan fingerprint density at radius 1 is 1.29 bits per heavy atom. The molecule has 6 nitrogen and oxygen atoms in total. The maximum absolute atomic E-state index is 13.1. The predicted octanol–water partition coefficient (Wildman–Crippen LogP) is 6.40. The SMILES string of the molecule is C=CC[C@H](C)C/[SH](=O)=N\C(=O)c1ccc2c(c1)N(C[C@@H]1CC[C@H]1[C@@H](O)C=C)C[C@@]1(CCCc3cc(Cl)ccc31)CO2. The predicted molar refractivity (Wildman–Crippen MR) is 168 cm³/mol. The highest BCUT2D eigenvalue weighted by Crippen LogP contribution is 2.46. The summed E-state index contributed by atoms with van der Waals surface area (Å²) in [4.78, 5) is 15.5. The van der Waals surface area contributed by atoms with E-state index in [1.54, 1.807) is 18.2 Å². The van der Waals surface area contributed by atoms with Crippen molar-refractivity contribution >= 4 is 33.8 Å². The largest absolute Gasteiger partial charge is 0.490 e. The van der Waals surface area contributed by atoms with Crippen molar-refractivity contribution in [3.63, 3.8) is 0 Å². The number of nitrogens with zero attached hydrogens (tertiary/aromatic N) is 2. The molecule has 6 atom stereocenters. The number of thiol groups is 1. The number of carbonyl (C=O) groups is 1. The molecule has 1 unspecified atom stereocenters. The average Bonchev–Trinajstić information content (AvgIpc) is 3.07. The van der Waals surface area contributed by atoms with E-state index < -0.39 is 22.6 Å². The highest BCUT2D eigenvalue weighted by Gasteiger charge is 2.44. The number of hydrogen-bond donors (Lipinski definition) is 2. The summed E-state index contributed by atoms with van der Waals surface area (Å²) in [5.74, 6) is 1.21. The zero-order chi connectivity index (χ0) is 29.1. The third-order valence-electron chi connectivity index (χ3n) is 9.13. The summed E-state index contributed by atoms with van der Waals surface area (Å²) < 4.78 is 23.2. The maximum atomic E-state index is 13.1. The quantitative estimate of drug-likeness (QED) is 0.259. The fourth-order valence-electron chi connectivity index (χ4n) is 6.80. The van der Waals surface area contributed by atoms with Gasteiger partial charge in [0.2, 0.25) is 0 Å². The molecule has 1 saturated carbocycles. The number of halogens is 1. The number of ether oxygens (including phenoxy) is 1. The molecule has 1 amide bonds. The minimum absolute atomic E-state index is 0.148. The van der Waals surface area contributed by atoms with Gasteiger partial charge in [-0.3, -0.25) is 9.00 Å². The lowest BCUT2D eigenvalue weighted by Gasteiger charge is -2.45. The van der Waals surface area contributed by atoms with Crippen molar-refractivity contribution in [2.24, 2.45) is 22.1 Å². The lowest BCUT2D eigenvalue weighted by molar-refractivity contribution is 0.0460. The Hall–Kier alpha value is -2.61. The molecule has 2 aliphatic carbocycles. The third-order valence-corrected chi connectivity index (χ3v) is 10.7. The van der Waals surface area contributed by atoms with Crippen molar-refractivity contribution in [3.05, 3.63) is 83.4 Å². The average molecular weight is 597 g/mol. The van der Waals surface area contributed by atoms with Gasteiger partial charge in [-0.05, 0) is 97.7 Å². The van der Waals surface area contributed by atoms with Crippen molar-refractivity contribution in [1.82, 2.24) is 0 Å². The summed E-state index contributed by atoms with van der Waals surface area (Å²) in [6, 6.07) is 11.6. The van der Waals surface area contributed by atoms with Gasteiger partial charge < -0.3 is 14.7 Å². The van der Waals surface area contributed by atoms with Crippen LogP contribution in [0.25, 0.3) is 0 Å². The zero-order valence-corrected chi connectivity index (χ0v) is 25.5. The van der Waals surface area contributed by atoms with Crippen molar-refractivity contribution in [1.29, 1.82) is 0 Å². The number of aliphatic hydroxyl groups is 1. The molecule has 1 fully saturated rings. The Morgan fingerprint density at radius 2 is 2.12 bits per heavy atom. The van der Waals surface area contributed by atoms with E-state index in [2.05, 4.69) is 34.6 Å². The molecular formula is C33H41ClN2O4S. The summed E-state index contributed by atoms with van der Waals surface area (Å²) in [6.07, 6.45) is 8.64. The molecule has 5 rings (SSSR count). The monoisotopic (exact) mass is 596 g/mol. The van der Waals surface area contributed by atoms with Gasteiger partial charge in [0.15, 0.2) is 0 Å². The molecule has 2 aromatic carbocycles. The molecule has 41 heavy (non-hydrogen) atoms. The van der Waals surface area contributed by atoms with Gasteiger partial charge in [-0.1, -0.05) is 36.7 Å². The smallest absolute Gasteiger partial charge is 0.284 e. The van der Waals surface area contributed by atoms with Crippen LogP contribution < -0.4 is 9.64 Å². The first-order valence-corrected chi connectivity index (χ1v) is 16.4. The van der Waals surface area contributed by atoms with Crippen LogP contribution in [0.5, 0.6) is 5.75 Å². The van der Waals surface area contributed by atoms with Crippen molar-refractivity contribution in [2.75, 3.05) is 30.3 Å². The minimum Gasteiger partial charge on any atom is -0.490 e. The molecule has 1 spiro atoms. The summed E-state index contributed by atoms with van der Waals surface area (Å²) in [5, 5.41) is 11.3. The van der Waals surface area contributed by atoms with E-state index in [1.165, 1.54) is 11.1 Å². The van der Waals surface area contributed by atoms with E-state index in [1.807, 2.05) is 25.1 Å². The van der Waals surface area contributed by atoms with Crippen LogP contribution in [0.2, 0.25) is 5.02 Å².